The molecular formula is C32H26F2N5O9PS. The minimum Gasteiger partial charge on any atom is -0.424 e. The number of phosphoric ester groups is 1. The number of ether oxygens (including phenoxy) is 3. The maximum absolute atomic E-state index is 15.7. The Morgan fingerprint density at radius 3 is 2.54 bits per heavy atom. The first-order chi connectivity index (χ1) is 23.9. The van der Waals surface area contributed by atoms with Gasteiger partial charge in [0.2, 0.25) is 6.79 Å². The maximum Gasteiger partial charge on any atom is 0.512 e. The van der Waals surface area contributed by atoms with Crippen LogP contribution in [0.15, 0.2) is 84.8 Å². The Balaban J connectivity index is 1.40. The zero-order valence-corrected chi connectivity index (χ0v) is 27.6. The van der Waals surface area contributed by atoms with E-state index in [1.54, 1.807) is 36.6 Å². The zero-order valence-electron chi connectivity index (χ0n) is 25.9. The SMILES string of the molecule is C[C@@H](c1nc(-c2ccccc2C#N)cs1)[C@@](Cn1cncn1)(OC(=O)OCOC(=O)c1ccc(COP(=O)(O)O)cc1)c1ccc(F)cc1F. The lowest BCUT2D eigenvalue weighted by molar-refractivity contribution is -0.0882. The van der Waals surface area contributed by atoms with E-state index < -0.39 is 56.5 Å². The van der Waals surface area contributed by atoms with E-state index in [0.717, 1.165) is 23.5 Å². The van der Waals surface area contributed by atoms with Gasteiger partial charge in [-0.25, -0.2) is 37.6 Å². The molecule has 3 aromatic carbocycles. The molecule has 0 spiro atoms. The number of carbonyl (C=O) groups is 2. The van der Waals surface area contributed by atoms with E-state index in [2.05, 4.69) is 20.7 Å². The number of phosphoric acid groups is 1. The van der Waals surface area contributed by atoms with E-state index in [-0.39, 0.29) is 17.7 Å². The molecule has 0 saturated carbocycles. The number of benzene rings is 3. The Labute approximate surface area is 286 Å². The predicted octanol–water partition coefficient (Wildman–Crippen LogP) is 5.83. The summed E-state index contributed by atoms with van der Waals surface area (Å²) < 4.78 is 62.4. The van der Waals surface area contributed by atoms with Crippen LogP contribution in [0.4, 0.5) is 13.6 Å². The van der Waals surface area contributed by atoms with E-state index in [1.165, 1.54) is 41.6 Å². The topological polar surface area (TPSA) is 196 Å². The van der Waals surface area contributed by atoms with Gasteiger partial charge >= 0.3 is 19.9 Å². The van der Waals surface area contributed by atoms with Crippen LogP contribution in [0.2, 0.25) is 0 Å². The fourth-order valence-corrected chi connectivity index (χ4v) is 6.20. The molecule has 258 valence electrons. The van der Waals surface area contributed by atoms with Crippen molar-refractivity contribution in [2.75, 3.05) is 6.79 Å². The summed E-state index contributed by atoms with van der Waals surface area (Å²) in [6, 6.07) is 17.0. The molecule has 5 rings (SSSR count). The first-order valence-corrected chi connectivity index (χ1v) is 16.8. The van der Waals surface area contributed by atoms with Crippen LogP contribution < -0.4 is 0 Å². The Morgan fingerprint density at radius 2 is 1.86 bits per heavy atom. The van der Waals surface area contributed by atoms with Crippen molar-refractivity contribution in [3.63, 3.8) is 0 Å². The van der Waals surface area contributed by atoms with Crippen molar-refractivity contribution >= 4 is 31.3 Å². The van der Waals surface area contributed by atoms with Gasteiger partial charge in [0.15, 0.2) is 5.60 Å². The average Bonchev–Trinajstić information content (AvgIpc) is 3.79. The number of nitrogens with zero attached hydrogens (tertiary/aromatic N) is 5. The summed E-state index contributed by atoms with van der Waals surface area (Å²) >= 11 is 1.16. The van der Waals surface area contributed by atoms with Crippen molar-refractivity contribution in [2.24, 2.45) is 0 Å². The molecule has 14 nitrogen and oxygen atoms in total. The van der Waals surface area contributed by atoms with E-state index in [0.29, 0.717) is 33.5 Å². The van der Waals surface area contributed by atoms with Crippen LogP contribution in [0.25, 0.3) is 11.3 Å². The quantitative estimate of drug-likeness (QED) is 0.0837. The first kappa shape index (κ1) is 35.9. The van der Waals surface area contributed by atoms with E-state index >= 15 is 4.39 Å². The van der Waals surface area contributed by atoms with Crippen molar-refractivity contribution in [2.45, 2.75) is 31.6 Å². The highest BCUT2D eigenvalue weighted by Gasteiger charge is 2.47. The molecule has 0 amide bonds. The summed E-state index contributed by atoms with van der Waals surface area (Å²) in [7, 11) is -4.69. The summed E-state index contributed by atoms with van der Waals surface area (Å²) in [5.74, 6) is -3.80. The Hall–Kier alpha value is -5.37. The third kappa shape index (κ3) is 8.61. The van der Waals surface area contributed by atoms with Crippen LogP contribution in [0.5, 0.6) is 0 Å². The number of esters is 1. The molecule has 18 heteroatoms. The molecular weight excluding hydrogens is 699 g/mol. The average molecular weight is 726 g/mol. The third-order valence-corrected chi connectivity index (χ3v) is 8.88. The predicted molar refractivity (Wildman–Crippen MR) is 170 cm³/mol. The largest absolute Gasteiger partial charge is 0.512 e. The van der Waals surface area contributed by atoms with Crippen LogP contribution in [0.3, 0.4) is 0 Å². The molecule has 2 atom stereocenters. The Bertz CT molecular complexity index is 2070. The minimum absolute atomic E-state index is 0.0157. The van der Waals surface area contributed by atoms with Gasteiger partial charge in [-0.2, -0.15) is 10.4 Å². The van der Waals surface area contributed by atoms with Crippen LogP contribution in [-0.2, 0) is 42.1 Å². The summed E-state index contributed by atoms with van der Waals surface area (Å²) in [5, 5.41) is 15.7. The van der Waals surface area contributed by atoms with Crippen molar-refractivity contribution in [3.8, 4) is 17.3 Å². The highest BCUT2D eigenvalue weighted by atomic mass is 32.1. The number of hydrogen-bond donors (Lipinski definition) is 2. The normalized spacial score (nSPS) is 13.1. The highest BCUT2D eigenvalue weighted by Crippen LogP contribution is 2.45. The molecule has 0 aliphatic carbocycles. The zero-order chi connectivity index (χ0) is 35.9. The van der Waals surface area contributed by atoms with Gasteiger partial charge < -0.3 is 24.0 Å². The summed E-state index contributed by atoms with van der Waals surface area (Å²) in [4.78, 5) is 52.2. The Morgan fingerprint density at radius 1 is 1.10 bits per heavy atom. The Kier molecular flexibility index (Phi) is 11.1. The highest BCUT2D eigenvalue weighted by molar-refractivity contribution is 7.46. The van der Waals surface area contributed by atoms with E-state index in [9.17, 15) is 23.8 Å². The summed E-state index contributed by atoms with van der Waals surface area (Å²) in [6.45, 7) is -0.0615. The number of nitriles is 1. The second-order valence-corrected chi connectivity index (χ2v) is 12.7. The number of hydrogen-bond acceptors (Lipinski definition) is 12. The second kappa shape index (κ2) is 15.5. The molecule has 2 N–H and O–H groups in total. The van der Waals surface area contributed by atoms with Crippen LogP contribution >= 0.6 is 19.2 Å². The van der Waals surface area contributed by atoms with E-state index in [4.69, 9.17) is 29.0 Å². The number of thiazole rings is 1. The van der Waals surface area contributed by atoms with Gasteiger partial charge in [0, 0.05) is 22.6 Å². The maximum atomic E-state index is 15.7. The molecule has 0 saturated heterocycles. The van der Waals surface area contributed by atoms with Crippen molar-refractivity contribution in [1.82, 2.24) is 19.7 Å². The van der Waals surface area contributed by atoms with Crippen molar-refractivity contribution < 1.29 is 51.5 Å². The molecule has 2 aromatic heterocycles. The van der Waals surface area contributed by atoms with Crippen LogP contribution in [0.1, 0.15) is 44.9 Å². The first-order valence-electron chi connectivity index (χ1n) is 14.4. The molecule has 2 heterocycles. The van der Waals surface area contributed by atoms with Crippen molar-refractivity contribution in [3.05, 3.63) is 124 Å². The third-order valence-electron chi connectivity index (χ3n) is 7.39. The van der Waals surface area contributed by atoms with Gasteiger partial charge in [-0.15, -0.1) is 11.3 Å². The number of aromatic nitrogens is 4. The number of halogens is 2. The van der Waals surface area contributed by atoms with Gasteiger partial charge in [-0.05, 0) is 35.9 Å². The fourth-order valence-electron chi connectivity index (χ4n) is 4.92. The lowest BCUT2D eigenvalue weighted by Gasteiger charge is -2.37. The van der Waals surface area contributed by atoms with Gasteiger partial charge in [0.05, 0.1) is 42.0 Å². The molecule has 0 aliphatic rings. The standard InChI is InChI=1S/C32H26F2N5O9PS/c1-20(29-38-28(15-50-29)25-5-3-2-4-23(25)13-35)32(16-39-18-36-17-37-39,26-11-10-24(33)12-27(26)34)48-31(41)46-19-45-30(40)22-8-6-21(7-9-22)14-47-49(42,43)44/h2-12,15,17-18,20H,14,16,19H2,1H3,(H2,42,43,44)/t20-,32+/m0/s1. The molecule has 0 radical (unpaired) electrons. The van der Waals surface area contributed by atoms with Gasteiger partial charge in [0.25, 0.3) is 0 Å². The molecule has 0 fully saturated rings. The van der Waals surface area contributed by atoms with Crippen LogP contribution in [-0.4, -0.2) is 48.5 Å². The minimum atomic E-state index is -4.69. The monoisotopic (exact) mass is 725 g/mol. The molecule has 5 aromatic rings. The molecule has 0 aliphatic heterocycles. The van der Waals surface area contributed by atoms with Crippen molar-refractivity contribution in [1.29, 1.82) is 5.26 Å². The molecule has 50 heavy (non-hydrogen) atoms. The van der Waals surface area contributed by atoms with Crippen LogP contribution in [0, 0.1) is 23.0 Å². The molecule has 0 unspecified atom stereocenters. The smallest absolute Gasteiger partial charge is 0.424 e. The number of carbonyl (C=O) groups excluding carboxylic acids is 2. The van der Waals surface area contributed by atoms with Gasteiger partial charge in [-0.1, -0.05) is 37.3 Å². The fraction of sp³-hybridized carbons (Fsp3) is 0.188. The lowest BCUT2D eigenvalue weighted by Crippen LogP contribution is -2.43. The summed E-state index contributed by atoms with van der Waals surface area (Å²) in [5.41, 5.74) is -0.505. The van der Waals surface area contributed by atoms with Gasteiger partial charge in [-0.3, -0.25) is 4.52 Å². The van der Waals surface area contributed by atoms with E-state index in [1.807, 2.05) is 0 Å². The number of rotatable bonds is 13. The van der Waals surface area contributed by atoms with Gasteiger partial charge in [0.1, 0.15) is 29.3 Å². The second-order valence-electron chi connectivity index (χ2n) is 10.6. The lowest BCUT2D eigenvalue weighted by atomic mass is 9.81. The summed E-state index contributed by atoms with van der Waals surface area (Å²) in [6.07, 6.45) is 1.13. The molecule has 0 bridgehead atoms.